The van der Waals surface area contributed by atoms with Gasteiger partial charge in [-0.25, -0.2) is 19.6 Å². The summed E-state index contributed by atoms with van der Waals surface area (Å²) >= 11 is 0. The van der Waals surface area contributed by atoms with Crippen LogP contribution in [0.2, 0.25) is 0 Å². The van der Waals surface area contributed by atoms with Crippen LogP contribution in [0.4, 0.5) is 0 Å². The minimum Gasteiger partial charge on any atom is -0.473 e. The minimum absolute atomic E-state index is 0.0804. The standard InChI is InChI=1S/C23H31N5O3.C2H2O4/c1-2-30-15-13-28-21(26-20-4-3-8-24-22(20)28)16-18-5-10-27(11-6-18)12-9-25-23(29)19-7-14-31-17-19;3-1(4)2(5)6/h3-4,7-8,14,17-18H,2,5-6,9-13,15-16H2,1H3,(H,25,29);(H,3,4)(H,5,6). The molecule has 4 heterocycles. The zero-order chi connectivity index (χ0) is 26.6. The van der Waals surface area contributed by atoms with Crippen LogP contribution < -0.4 is 5.32 Å². The van der Waals surface area contributed by atoms with Gasteiger partial charge in [0.25, 0.3) is 5.91 Å². The maximum absolute atomic E-state index is 12.0. The Bertz CT molecular complexity index is 1140. The number of carboxylic acid groups (broad SMARTS) is 2. The van der Waals surface area contributed by atoms with E-state index >= 15 is 0 Å². The number of hydrogen-bond donors (Lipinski definition) is 3. The average Bonchev–Trinajstić information content (AvgIpc) is 3.54. The summed E-state index contributed by atoms with van der Waals surface area (Å²) in [5.41, 5.74) is 2.48. The molecule has 0 saturated carbocycles. The molecular weight excluding hydrogens is 482 g/mol. The van der Waals surface area contributed by atoms with E-state index < -0.39 is 11.9 Å². The Hall–Kier alpha value is -3.77. The second-order valence-electron chi connectivity index (χ2n) is 8.59. The molecule has 1 fully saturated rings. The van der Waals surface area contributed by atoms with Crippen LogP contribution in [0, 0.1) is 5.92 Å². The van der Waals surface area contributed by atoms with Crippen LogP contribution in [0.15, 0.2) is 41.3 Å². The van der Waals surface area contributed by atoms with Crippen molar-refractivity contribution in [2.24, 2.45) is 5.92 Å². The van der Waals surface area contributed by atoms with E-state index in [1.54, 1.807) is 6.07 Å². The van der Waals surface area contributed by atoms with Crippen molar-refractivity contribution in [3.63, 3.8) is 0 Å². The summed E-state index contributed by atoms with van der Waals surface area (Å²) in [6.45, 7) is 7.80. The van der Waals surface area contributed by atoms with Crippen LogP contribution in [0.25, 0.3) is 11.2 Å². The molecule has 1 aliphatic heterocycles. The Kier molecular flexibility index (Phi) is 10.6. The zero-order valence-corrected chi connectivity index (χ0v) is 20.8. The normalized spacial score (nSPS) is 14.2. The summed E-state index contributed by atoms with van der Waals surface area (Å²) in [5, 5.41) is 17.7. The second kappa shape index (κ2) is 14.1. The van der Waals surface area contributed by atoms with Gasteiger partial charge >= 0.3 is 11.9 Å². The lowest BCUT2D eigenvalue weighted by molar-refractivity contribution is -0.159. The van der Waals surface area contributed by atoms with Gasteiger partial charge in [0.1, 0.15) is 17.6 Å². The van der Waals surface area contributed by atoms with Gasteiger partial charge in [-0.15, -0.1) is 0 Å². The van der Waals surface area contributed by atoms with Crippen molar-refractivity contribution in [2.75, 3.05) is 39.4 Å². The number of carbonyl (C=O) groups is 3. The topological polar surface area (TPSA) is 160 Å². The number of pyridine rings is 1. The van der Waals surface area contributed by atoms with Crippen molar-refractivity contribution in [3.05, 3.63) is 48.3 Å². The van der Waals surface area contributed by atoms with Crippen molar-refractivity contribution in [1.82, 2.24) is 24.8 Å². The van der Waals surface area contributed by atoms with Crippen molar-refractivity contribution >= 4 is 29.0 Å². The van der Waals surface area contributed by atoms with Gasteiger partial charge in [-0.3, -0.25) is 4.79 Å². The van der Waals surface area contributed by atoms with Crippen LogP contribution in [0.1, 0.15) is 35.9 Å². The zero-order valence-electron chi connectivity index (χ0n) is 20.8. The van der Waals surface area contributed by atoms with Gasteiger partial charge in [0.05, 0.1) is 18.4 Å². The third kappa shape index (κ3) is 8.40. The molecule has 1 saturated heterocycles. The quantitative estimate of drug-likeness (QED) is 0.269. The molecule has 0 spiro atoms. The number of carbonyl (C=O) groups excluding carboxylic acids is 1. The van der Waals surface area contributed by atoms with Crippen LogP contribution in [0.5, 0.6) is 0 Å². The number of likely N-dealkylation sites (tertiary alicyclic amines) is 1. The average molecular weight is 516 g/mol. The van der Waals surface area contributed by atoms with Gasteiger partial charge in [0.2, 0.25) is 0 Å². The van der Waals surface area contributed by atoms with Gasteiger partial charge in [-0.05, 0) is 57.0 Å². The van der Waals surface area contributed by atoms with E-state index in [0.717, 1.165) is 69.0 Å². The molecule has 0 atom stereocenters. The lowest BCUT2D eigenvalue weighted by atomic mass is 9.93. The number of piperidine rings is 1. The lowest BCUT2D eigenvalue weighted by Gasteiger charge is -2.31. The Labute approximate surface area is 214 Å². The maximum Gasteiger partial charge on any atom is 0.414 e. The number of carboxylic acids is 2. The first-order chi connectivity index (χ1) is 17.9. The number of amides is 1. The van der Waals surface area contributed by atoms with Crippen molar-refractivity contribution in [3.8, 4) is 0 Å². The van der Waals surface area contributed by atoms with Crippen LogP contribution >= 0.6 is 0 Å². The highest BCUT2D eigenvalue weighted by molar-refractivity contribution is 6.27. The van der Waals surface area contributed by atoms with E-state index in [4.69, 9.17) is 33.9 Å². The van der Waals surface area contributed by atoms with E-state index in [-0.39, 0.29) is 5.91 Å². The highest BCUT2D eigenvalue weighted by Gasteiger charge is 2.22. The van der Waals surface area contributed by atoms with Crippen molar-refractivity contribution in [2.45, 2.75) is 32.7 Å². The number of aromatic nitrogens is 3. The highest BCUT2D eigenvalue weighted by atomic mass is 16.5. The second-order valence-corrected chi connectivity index (χ2v) is 8.59. The van der Waals surface area contributed by atoms with Gasteiger partial charge in [0, 0.05) is 38.9 Å². The summed E-state index contributed by atoms with van der Waals surface area (Å²) in [6, 6.07) is 5.65. The summed E-state index contributed by atoms with van der Waals surface area (Å²) in [5.74, 6) is -2.01. The first-order valence-corrected chi connectivity index (χ1v) is 12.3. The monoisotopic (exact) mass is 515 g/mol. The molecule has 12 heteroatoms. The Balaban J connectivity index is 0.000000568. The fourth-order valence-electron chi connectivity index (χ4n) is 4.19. The predicted octanol–water partition coefficient (Wildman–Crippen LogP) is 1.90. The van der Waals surface area contributed by atoms with Gasteiger partial charge < -0.3 is 34.2 Å². The third-order valence-corrected chi connectivity index (χ3v) is 6.10. The molecule has 0 aliphatic carbocycles. The molecule has 0 radical (unpaired) electrons. The molecule has 3 aromatic heterocycles. The molecule has 37 heavy (non-hydrogen) atoms. The van der Waals surface area contributed by atoms with Crippen LogP contribution in [0.3, 0.4) is 0 Å². The molecular formula is C25H33N5O7. The van der Waals surface area contributed by atoms with Gasteiger partial charge in [-0.1, -0.05) is 0 Å². The van der Waals surface area contributed by atoms with Crippen LogP contribution in [-0.2, 0) is 27.3 Å². The number of aliphatic carboxylic acids is 2. The smallest absolute Gasteiger partial charge is 0.414 e. The van der Waals surface area contributed by atoms with Crippen LogP contribution in [-0.4, -0.2) is 86.9 Å². The number of rotatable bonds is 10. The summed E-state index contributed by atoms with van der Waals surface area (Å²) in [4.78, 5) is 42.0. The number of nitrogens with one attached hydrogen (secondary N) is 1. The molecule has 3 N–H and O–H groups in total. The predicted molar refractivity (Wildman–Crippen MR) is 133 cm³/mol. The van der Waals surface area contributed by atoms with Gasteiger partial charge in [0.15, 0.2) is 5.65 Å². The van der Waals surface area contributed by atoms with E-state index in [0.29, 0.717) is 24.6 Å². The number of ether oxygens (including phenoxy) is 1. The van der Waals surface area contributed by atoms with E-state index in [2.05, 4.69) is 19.8 Å². The first-order valence-electron chi connectivity index (χ1n) is 12.3. The highest BCUT2D eigenvalue weighted by Crippen LogP contribution is 2.23. The maximum atomic E-state index is 12.0. The minimum atomic E-state index is -1.82. The SMILES string of the molecule is CCOCCn1c(CC2CCN(CCNC(=O)c3ccoc3)CC2)nc2cccnc21.O=C(O)C(=O)O. The van der Waals surface area contributed by atoms with E-state index in [1.165, 1.54) is 12.5 Å². The molecule has 1 aliphatic rings. The summed E-state index contributed by atoms with van der Waals surface area (Å²) in [7, 11) is 0. The summed E-state index contributed by atoms with van der Waals surface area (Å²) < 4.78 is 12.8. The molecule has 0 aromatic carbocycles. The molecule has 200 valence electrons. The molecule has 4 rings (SSSR count). The lowest BCUT2D eigenvalue weighted by Crippen LogP contribution is -2.40. The summed E-state index contributed by atoms with van der Waals surface area (Å²) in [6.07, 6.45) is 8.05. The molecule has 0 bridgehead atoms. The number of hydrogen-bond acceptors (Lipinski definition) is 8. The Morgan fingerprint density at radius 1 is 1.16 bits per heavy atom. The fraction of sp³-hybridized carbons (Fsp3) is 0.480. The molecule has 0 unspecified atom stereocenters. The Morgan fingerprint density at radius 2 is 1.92 bits per heavy atom. The molecule has 1 amide bonds. The third-order valence-electron chi connectivity index (χ3n) is 6.10. The number of imidazole rings is 1. The molecule has 3 aromatic rings. The van der Waals surface area contributed by atoms with Crippen molar-refractivity contribution in [1.29, 1.82) is 0 Å². The van der Waals surface area contributed by atoms with Crippen molar-refractivity contribution < 1.29 is 33.8 Å². The van der Waals surface area contributed by atoms with E-state index in [9.17, 15) is 4.79 Å². The van der Waals surface area contributed by atoms with Gasteiger partial charge in [-0.2, -0.15) is 0 Å². The molecule has 12 nitrogen and oxygen atoms in total. The number of nitrogens with zero attached hydrogens (tertiary/aromatic N) is 4. The fourth-order valence-corrected chi connectivity index (χ4v) is 4.19. The number of furan rings is 1. The largest absolute Gasteiger partial charge is 0.473 e. The first kappa shape index (κ1) is 27.8. The Morgan fingerprint density at radius 3 is 2.57 bits per heavy atom. The van der Waals surface area contributed by atoms with E-state index in [1.807, 2.05) is 25.3 Å². The number of fused-ring (bicyclic) bond motifs is 1.